The number of nitrogens with zero attached hydrogens (tertiary/aromatic N) is 1. The van der Waals surface area contributed by atoms with Gasteiger partial charge in [0.05, 0.1) is 7.11 Å². The number of carbonyl (C=O) groups excluding carboxylic acids is 1. The molecule has 1 saturated heterocycles. The summed E-state index contributed by atoms with van der Waals surface area (Å²) in [5.74, 6) is -0.850. The van der Waals surface area contributed by atoms with Crippen molar-refractivity contribution in [3.8, 4) is 5.75 Å². The molecule has 0 aromatic heterocycles. The van der Waals surface area contributed by atoms with Gasteiger partial charge in [-0.05, 0) is 99.6 Å². The number of carbonyl (C=O) groups is 2. The molecule has 2 atom stereocenters. The number of methoxy groups -OCH3 is 1. The van der Waals surface area contributed by atoms with E-state index < -0.39 is 18.1 Å². The Balaban J connectivity index is 0.000000532. The van der Waals surface area contributed by atoms with Crippen molar-refractivity contribution < 1.29 is 37.8 Å². The van der Waals surface area contributed by atoms with E-state index in [9.17, 15) is 18.0 Å². The molecule has 1 amide bonds. The van der Waals surface area contributed by atoms with E-state index in [0.29, 0.717) is 17.5 Å². The number of nitrogens with one attached hydrogen (secondary N) is 2. The number of carboxylic acids is 1. The first-order chi connectivity index (χ1) is 18.6. The van der Waals surface area contributed by atoms with E-state index in [1.54, 1.807) is 24.7 Å². The minimum atomic E-state index is -5.08. The molecule has 2 aliphatic rings. The minimum absolute atomic E-state index is 0.466. The van der Waals surface area contributed by atoms with Gasteiger partial charge in [-0.15, -0.1) is 0 Å². The molecule has 4 N–H and O–H groups in total. The fourth-order valence-corrected chi connectivity index (χ4v) is 4.77. The zero-order valence-corrected chi connectivity index (χ0v) is 21.9. The van der Waals surface area contributed by atoms with Crippen LogP contribution in [0.25, 0.3) is 0 Å². The summed E-state index contributed by atoms with van der Waals surface area (Å²) in [4.78, 5) is 22.9. The van der Waals surface area contributed by atoms with E-state index >= 15 is 0 Å². The van der Waals surface area contributed by atoms with Gasteiger partial charge in [-0.1, -0.05) is 24.3 Å². The Labute approximate surface area is 226 Å². The molecule has 2 aromatic rings. The number of hydrogen-bond donors (Lipinski definition) is 4. The van der Waals surface area contributed by atoms with Crippen molar-refractivity contribution in [3.63, 3.8) is 0 Å². The third kappa shape index (κ3) is 9.83. The number of ether oxygens (including phenoxy) is 1. The molecular formula is C28H36F3N3O5. The van der Waals surface area contributed by atoms with E-state index in [1.165, 1.54) is 43.5 Å². The zero-order valence-electron chi connectivity index (χ0n) is 21.9. The summed E-state index contributed by atoms with van der Waals surface area (Å²) in [5, 5.41) is 19.6. The third-order valence-corrected chi connectivity index (χ3v) is 7.21. The number of likely N-dealkylation sites (tertiary alicyclic amines) is 1. The second-order valence-corrected chi connectivity index (χ2v) is 9.96. The Hall–Kier alpha value is -3.15. The highest BCUT2D eigenvalue weighted by atomic mass is 19.4. The molecule has 39 heavy (non-hydrogen) atoms. The largest absolute Gasteiger partial charge is 0.497 e. The molecular weight excluding hydrogens is 515 g/mol. The zero-order chi connectivity index (χ0) is 28.4. The molecule has 2 fully saturated rings. The van der Waals surface area contributed by atoms with Crippen molar-refractivity contribution in [2.24, 2.45) is 5.92 Å². The molecule has 2 unspecified atom stereocenters. The van der Waals surface area contributed by atoms with Gasteiger partial charge in [0.15, 0.2) is 0 Å². The molecule has 214 valence electrons. The van der Waals surface area contributed by atoms with Gasteiger partial charge >= 0.3 is 12.1 Å². The molecule has 2 aromatic carbocycles. The number of aryl methyl sites for hydroxylation is 1. The van der Waals surface area contributed by atoms with Crippen LogP contribution >= 0.6 is 0 Å². The van der Waals surface area contributed by atoms with Crippen LogP contribution in [0.4, 0.5) is 13.2 Å². The number of hydroxylamine groups is 1. The highest BCUT2D eigenvalue weighted by Crippen LogP contribution is 2.41. The molecule has 1 saturated carbocycles. The number of benzene rings is 2. The van der Waals surface area contributed by atoms with E-state index in [2.05, 4.69) is 34.5 Å². The summed E-state index contributed by atoms with van der Waals surface area (Å²) in [5.41, 5.74) is 4.80. The Morgan fingerprint density at radius 2 is 1.67 bits per heavy atom. The first kappa shape index (κ1) is 30.4. The maximum absolute atomic E-state index is 11.4. The van der Waals surface area contributed by atoms with Gasteiger partial charge in [0, 0.05) is 17.5 Å². The number of hydrogen-bond acceptors (Lipinski definition) is 6. The number of halogens is 3. The first-order valence-electron chi connectivity index (χ1n) is 13.0. The van der Waals surface area contributed by atoms with Gasteiger partial charge in [0.1, 0.15) is 5.75 Å². The summed E-state index contributed by atoms with van der Waals surface area (Å²) in [6, 6.07) is 16.6. The highest BCUT2D eigenvalue weighted by Gasteiger charge is 2.39. The average Bonchev–Trinajstić information content (AvgIpc) is 3.72. The van der Waals surface area contributed by atoms with Crippen LogP contribution in [0.15, 0.2) is 48.5 Å². The number of carboxylic acid groups (broad SMARTS) is 1. The topological polar surface area (TPSA) is 111 Å². The molecule has 0 spiro atoms. The lowest BCUT2D eigenvalue weighted by molar-refractivity contribution is -0.192. The normalized spacial score (nSPS) is 19.5. The van der Waals surface area contributed by atoms with Crippen molar-refractivity contribution in [2.45, 2.75) is 50.2 Å². The molecule has 11 heteroatoms. The van der Waals surface area contributed by atoms with Crippen LogP contribution in [0.2, 0.25) is 0 Å². The summed E-state index contributed by atoms with van der Waals surface area (Å²) in [6.45, 7) is 4.64. The molecule has 0 bridgehead atoms. The lowest BCUT2D eigenvalue weighted by atomic mass is 9.96. The molecule has 1 aliphatic carbocycles. The number of rotatable bonds is 10. The minimum Gasteiger partial charge on any atom is -0.497 e. The van der Waals surface area contributed by atoms with Gasteiger partial charge in [-0.3, -0.25) is 10.0 Å². The van der Waals surface area contributed by atoms with Crippen molar-refractivity contribution >= 4 is 11.9 Å². The standard InChI is InChI=1S/C26H35N3O3.C2HF3O2/c1-32-23-10-8-21(9-11-23)24-17-25(24)27-18-20-12-15-29(16-13-20)14-2-3-19-4-6-22(7-5-19)26(30)28-31;3-2(4,5)1(6)7/h4-11,20,24-25,27,31H,2-3,12-18H2,1H3,(H,28,30);(H,6,7). The number of aliphatic carboxylic acids is 1. The lowest BCUT2D eigenvalue weighted by Crippen LogP contribution is -2.38. The van der Waals surface area contributed by atoms with Crippen LogP contribution < -0.4 is 15.5 Å². The van der Waals surface area contributed by atoms with Crippen LogP contribution in [0.3, 0.4) is 0 Å². The van der Waals surface area contributed by atoms with Crippen molar-refractivity contribution in [3.05, 3.63) is 65.2 Å². The summed E-state index contributed by atoms with van der Waals surface area (Å²) >= 11 is 0. The lowest BCUT2D eigenvalue weighted by Gasteiger charge is -2.32. The Kier molecular flexibility index (Phi) is 11.1. The second kappa shape index (κ2) is 14.3. The summed E-state index contributed by atoms with van der Waals surface area (Å²) < 4.78 is 37.0. The smallest absolute Gasteiger partial charge is 0.490 e. The van der Waals surface area contributed by atoms with Gasteiger partial charge in [0.2, 0.25) is 0 Å². The average molecular weight is 552 g/mol. The monoisotopic (exact) mass is 551 g/mol. The van der Waals surface area contributed by atoms with Crippen LogP contribution in [-0.4, -0.2) is 72.6 Å². The Morgan fingerprint density at radius 3 is 2.21 bits per heavy atom. The molecule has 1 aliphatic heterocycles. The maximum Gasteiger partial charge on any atom is 0.490 e. The predicted molar refractivity (Wildman–Crippen MR) is 139 cm³/mol. The number of alkyl halides is 3. The van der Waals surface area contributed by atoms with Crippen LogP contribution in [0.1, 0.15) is 53.1 Å². The van der Waals surface area contributed by atoms with Gasteiger partial charge in [-0.2, -0.15) is 13.2 Å². The molecule has 4 rings (SSSR count). The quantitative estimate of drug-likeness (QED) is 0.258. The fraction of sp³-hybridized carbons (Fsp3) is 0.500. The van der Waals surface area contributed by atoms with Gasteiger partial charge in [0.25, 0.3) is 5.91 Å². The van der Waals surface area contributed by atoms with Crippen LogP contribution in [0, 0.1) is 5.92 Å². The molecule has 8 nitrogen and oxygen atoms in total. The fourth-order valence-electron chi connectivity index (χ4n) is 4.77. The van der Waals surface area contributed by atoms with Crippen molar-refractivity contribution in [1.29, 1.82) is 0 Å². The first-order valence-corrected chi connectivity index (χ1v) is 13.0. The third-order valence-electron chi connectivity index (χ3n) is 7.21. The number of amides is 1. The van der Waals surface area contributed by atoms with Crippen LogP contribution in [0.5, 0.6) is 5.75 Å². The van der Waals surface area contributed by atoms with E-state index in [0.717, 1.165) is 37.6 Å². The van der Waals surface area contributed by atoms with Gasteiger partial charge < -0.3 is 20.1 Å². The summed E-state index contributed by atoms with van der Waals surface area (Å²) in [7, 11) is 1.71. The summed E-state index contributed by atoms with van der Waals surface area (Å²) in [6.07, 6.45) is 0.851. The SMILES string of the molecule is COc1ccc(C2CC2NCC2CCN(CCCc3ccc(C(=O)NO)cc3)CC2)cc1.O=C(O)C(F)(F)F. The van der Waals surface area contributed by atoms with E-state index in [4.69, 9.17) is 19.8 Å². The van der Waals surface area contributed by atoms with Crippen molar-refractivity contribution in [1.82, 2.24) is 15.7 Å². The number of piperidine rings is 1. The highest BCUT2D eigenvalue weighted by molar-refractivity contribution is 5.93. The van der Waals surface area contributed by atoms with E-state index in [-0.39, 0.29) is 0 Å². The predicted octanol–water partition coefficient (Wildman–Crippen LogP) is 4.24. The van der Waals surface area contributed by atoms with E-state index in [1.807, 2.05) is 12.1 Å². The second-order valence-electron chi connectivity index (χ2n) is 9.96. The Morgan fingerprint density at radius 1 is 1.05 bits per heavy atom. The molecule has 1 heterocycles. The van der Waals surface area contributed by atoms with Crippen LogP contribution in [-0.2, 0) is 11.2 Å². The maximum atomic E-state index is 11.4. The van der Waals surface area contributed by atoms with Gasteiger partial charge in [-0.25, -0.2) is 10.3 Å². The van der Waals surface area contributed by atoms with Crippen molar-refractivity contribution in [2.75, 3.05) is 33.3 Å². The molecule has 0 radical (unpaired) electrons. The Bertz CT molecular complexity index is 1060.